The van der Waals surface area contributed by atoms with E-state index >= 15 is 0 Å². The first kappa shape index (κ1) is 34.7. The summed E-state index contributed by atoms with van der Waals surface area (Å²) in [4.78, 5) is 4.38. The van der Waals surface area contributed by atoms with Gasteiger partial charge in [0.05, 0.1) is 0 Å². The van der Waals surface area contributed by atoms with Crippen molar-refractivity contribution in [2.24, 2.45) is 0 Å². The topological polar surface area (TPSA) is 6.48 Å². The van der Waals surface area contributed by atoms with Crippen molar-refractivity contribution < 1.29 is 18.9 Å². The molecule has 0 aliphatic carbocycles. The summed E-state index contributed by atoms with van der Waals surface area (Å²) < 4.78 is 0. The van der Waals surface area contributed by atoms with E-state index in [-0.39, 0.29) is 18.9 Å². The van der Waals surface area contributed by atoms with E-state index in [0.29, 0.717) is 0 Å². The van der Waals surface area contributed by atoms with Gasteiger partial charge in [-0.15, -0.1) is 6.42 Å². The molecule has 0 fully saturated rings. The van der Waals surface area contributed by atoms with Gasteiger partial charge in [-0.1, -0.05) is 80.7 Å². The van der Waals surface area contributed by atoms with Gasteiger partial charge < -0.3 is 9.80 Å². The summed E-state index contributed by atoms with van der Waals surface area (Å²) in [5, 5.41) is 0. The van der Waals surface area contributed by atoms with Gasteiger partial charge in [0.1, 0.15) is 0 Å². The average molecular weight is 423 g/mol. The number of likely N-dealkylation sites (N-methyl/N-ethyl adjacent to an activating group) is 2. The van der Waals surface area contributed by atoms with Gasteiger partial charge in [0.15, 0.2) is 0 Å². The molecule has 31 heavy (non-hydrogen) atoms. The second-order valence-electron chi connectivity index (χ2n) is 8.87. The van der Waals surface area contributed by atoms with Crippen LogP contribution in [0.4, 0.5) is 0 Å². The Morgan fingerprint density at radius 1 is 0.806 bits per heavy atom. The first-order valence-electron chi connectivity index (χ1n) is 11.5. The van der Waals surface area contributed by atoms with Crippen molar-refractivity contribution in [3.8, 4) is 0 Å². The van der Waals surface area contributed by atoms with E-state index in [1.165, 1.54) is 42.4 Å². The standard InChI is InChI=1S/C16H30N.C12H21N.Li/c1-6-7-8-9-11-15(2)12-10-13-16(3)14-17(4)5;1-6-11(2)8-7-9-12(3)10-13(4)5;/h11,13H,2,6-10,12,14H2,1,3-5H3;6,9H,1-2,7-8,10H2,3-5H3;/q-1;;+1/b15-11-,16-13-;12-9-;. The van der Waals surface area contributed by atoms with Crippen LogP contribution in [0.3, 0.4) is 0 Å². The molecule has 0 amide bonds. The number of hydrogen-bond acceptors (Lipinski definition) is 2. The van der Waals surface area contributed by atoms with E-state index in [1.807, 2.05) is 6.08 Å². The molecular formula is C28H51LiN2. The normalized spacial score (nSPS) is 12.4. The largest absolute Gasteiger partial charge is 1.00 e. The molecule has 0 saturated heterocycles. The van der Waals surface area contributed by atoms with Gasteiger partial charge in [0.25, 0.3) is 0 Å². The first-order valence-corrected chi connectivity index (χ1v) is 11.5. The number of unbranched alkanes of at least 4 members (excludes halogenated alkanes) is 3. The molecule has 0 atom stereocenters. The predicted molar refractivity (Wildman–Crippen MR) is 140 cm³/mol. The van der Waals surface area contributed by atoms with Crippen molar-refractivity contribution in [2.75, 3.05) is 41.3 Å². The Morgan fingerprint density at radius 2 is 1.29 bits per heavy atom. The number of rotatable bonds is 15. The molecule has 0 spiro atoms. The van der Waals surface area contributed by atoms with Gasteiger partial charge in [0.2, 0.25) is 0 Å². The number of nitrogens with zero attached hydrogens (tertiary/aromatic N) is 2. The molecule has 0 aromatic carbocycles. The predicted octanol–water partition coefficient (Wildman–Crippen LogP) is 4.64. The van der Waals surface area contributed by atoms with E-state index in [2.05, 4.69) is 97.1 Å². The molecule has 0 aromatic rings. The fourth-order valence-corrected chi connectivity index (χ4v) is 3.04. The van der Waals surface area contributed by atoms with Gasteiger partial charge in [-0.3, -0.25) is 0 Å². The van der Waals surface area contributed by atoms with Crippen LogP contribution in [-0.2, 0) is 0 Å². The van der Waals surface area contributed by atoms with E-state index < -0.39 is 0 Å². The molecule has 0 saturated carbocycles. The van der Waals surface area contributed by atoms with Crippen LogP contribution in [0.15, 0.2) is 59.8 Å². The molecule has 0 aliphatic rings. The average Bonchev–Trinajstić information content (AvgIpc) is 2.64. The minimum absolute atomic E-state index is 0. The van der Waals surface area contributed by atoms with E-state index in [0.717, 1.165) is 44.3 Å². The zero-order valence-electron chi connectivity index (χ0n) is 22.4. The molecule has 0 rings (SSSR count). The fraction of sp³-hybridized carbons (Fsp3) is 0.607. The zero-order valence-corrected chi connectivity index (χ0v) is 22.4. The number of allylic oxidation sites excluding steroid dienone is 6. The Hall–Kier alpha value is -0.913. The molecule has 0 bridgehead atoms. The van der Waals surface area contributed by atoms with Crippen molar-refractivity contribution in [1.29, 1.82) is 0 Å². The Morgan fingerprint density at radius 3 is 1.71 bits per heavy atom. The van der Waals surface area contributed by atoms with Crippen LogP contribution in [0, 0.1) is 6.92 Å². The summed E-state index contributed by atoms with van der Waals surface area (Å²) in [5.41, 5.74) is 5.29. The zero-order chi connectivity index (χ0) is 23.4. The first-order chi connectivity index (χ1) is 14.1. The molecule has 0 N–H and O–H groups in total. The smallest absolute Gasteiger partial charge is 0.305 e. The summed E-state index contributed by atoms with van der Waals surface area (Å²) in [7, 11) is 8.38. The van der Waals surface area contributed by atoms with Crippen LogP contribution in [0.25, 0.3) is 0 Å². The van der Waals surface area contributed by atoms with Crippen LogP contribution in [0.2, 0.25) is 0 Å². The SMILES string of the molecule is C=CC(=C)CC/C=C(/C)CN(C)C.[CH2-]/C(=C/CCCCC)CC/C=C(/C)CN(C)C.[Li+]. The Bertz CT molecular complexity index is 539. The molecular weight excluding hydrogens is 371 g/mol. The minimum atomic E-state index is 0. The number of hydrogen-bond donors (Lipinski definition) is 0. The molecule has 0 radical (unpaired) electrons. The fourth-order valence-electron chi connectivity index (χ4n) is 3.04. The molecule has 3 heteroatoms. The van der Waals surface area contributed by atoms with Gasteiger partial charge in [0, 0.05) is 13.1 Å². The summed E-state index contributed by atoms with van der Waals surface area (Å²) >= 11 is 0. The second kappa shape index (κ2) is 23.7. The maximum Gasteiger partial charge on any atom is 1.00 e. The molecule has 174 valence electrons. The van der Waals surface area contributed by atoms with Crippen molar-refractivity contribution in [2.45, 2.75) is 72.1 Å². The van der Waals surface area contributed by atoms with Crippen LogP contribution in [-0.4, -0.2) is 51.1 Å². The van der Waals surface area contributed by atoms with Crippen molar-refractivity contribution in [3.05, 3.63) is 66.7 Å². The summed E-state index contributed by atoms with van der Waals surface area (Å²) in [5.74, 6) is 0. The third kappa shape index (κ3) is 29.1. The maximum atomic E-state index is 4.11. The molecule has 0 aliphatic heterocycles. The molecule has 0 aromatic heterocycles. The Labute approximate surface area is 208 Å². The third-order valence-electron chi connectivity index (χ3n) is 4.58. The summed E-state index contributed by atoms with van der Waals surface area (Å²) in [6.07, 6.45) is 18.2. The maximum absolute atomic E-state index is 4.11. The van der Waals surface area contributed by atoms with Crippen LogP contribution in [0.1, 0.15) is 72.1 Å². The van der Waals surface area contributed by atoms with Crippen molar-refractivity contribution in [1.82, 2.24) is 9.80 Å². The second-order valence-corrected chi connectivity index (χ2v) is 8.87. The minimum Gasteiger partial charge on any atom is -0.305 e. The van der Waals surface area contributed by atoms with Gasteiger partial charge in [-0.05, 0) is 61.3 Å². The van der Waals surface area contributed by atoms with Crippen molar-refractivity contribution >= 4 is 0 Å². The van der Waals surface area contributed by atoms with Gasteiger partial charge in [-0.2, -0.15) is 0 Å². The van der Waals surface area contributed by atoms with E-state index in [9.17, 15) is 0 Å². The molecule has 0 unspecified atom stereocenters. The van der Waals surface area contributed by atoms with Crippen molar-refractivity contribution in [3.63, 3.8) is 0 Å². The Kier molecular flexibility index (Phi) is 26.6. The van der Waals surface area contributed by atoms with Crippen LogP contribution >= 0.6 is 0 Å². The van der Waals surface area contributed by atoms with Crippen LogP contribution in [0.5, 0.6) is 0 Å². The quantitative estimate of drug-likeness (QED) is 0.125. The summed E-state index contributed by atoms with van der Waals surface area (Å²) in [6, 6.07) is 0. The van der Waals surface area contributed by atoms with E-state index in [4.69, 9.17) is 0 Å². The van der Waals surface area contributed by atoms with Crippen LogP contribution < -0.4 is 18.9 Å². The summed E-state index contributed by atoms with van der Waals surface area (Å²) in [6.45, 7) is 20.4. The van der Waals surface area contributed by atoms with Gasteiger partial charge >= 0.3 is 18.9 Å². The monoisotopic (exact) mass is 422 g/mol. The van der Waals surface area contributed by atoms with E-state index in [1.54, 1.807) is 0 Å². The Balaban J connectivity index is -0.000000507. The molecule has 0 heterocycles. The van der Waals surface area contributed by atoms with Gasteiger partial charge in [-0.25, -0.2) is 18.6 Å². The third-order valence-corrected chi connectivity index (χ3v) is 4.58. The molecule has 2 nitrogen and oxygen atoms in total.